The van der Waals surface area contributed by atoms with E-state index in [0.29, 0.717) is 12.1 Å². The van der Waals surface area contributed by atoms with Crippen molar-refractivity contribution >= 4 is 18.4 Å². The van der Waals surface area contributed by atoms with Gasteiger partial charge in [-0.2, -0.15) is 0 Å². The van der Waals surface area contributed by atoms with E-state index in [4.69, 9.17) is 0 Å². The van der Waals surface area contributed by atoms with E-state index in [0.717, 1.165) is 69.7 Å². The zero-order chi connectivity index (χ0) is 24.7. The summed E-state index contributed by atoms with van der Waals surface area (Å²) in [4.78, 5) is 29.0. The predicted octanol–water partition coefficient (Wildman–Crippen LogP) is 3.69. The molecule has 4 N–H and O–H groups in total. The number of benzene rings is 2. The number of piperidine rings is 2. The van der Waals surface area contributed by atoms with E-state index in [1.807, 2.05) is 64.2 Å². The zero-order valence-corrected chi connectivity index (χ0v) is 21.9. The second-order valence-corrected chi connectivity index (χ2v) is 9.77. The summed E-state index contributed by atoms with van der Waals surface area (Å²) in [6.45, 7) is 4.81. The largest absolute Gasteiger partial charge is 0.329 e. The topological polar surface area (TPSA) is 94.2 Å². The van der Waals surface area contributed by atoms with Gasteiger partial charge in [-0.05, 0) is 63.0 Å². The van der Waals surface area contributed by atoms with E-state index in [1.165, 1.54) is 5.56 Å². The van der Waals surface area contributed by atoms with Crippen LogP contribution in [-0.4, -0.2) is 59.2 Å². The monoisotopic (exact) mass is 524 g/mol. The summed E-state index contributed by atoms with van der Waals surface area (Å²) >= 11 is 0. The first-order chi connectivity index (χ1) is 17.7. The van der Waals surface area contributed by atoms with Gasteiger partial charge in [0.25, 0.3) is 0 Å². The van der Waals surface area contributed by atoms with E-state index < -0.39 is 0 Å². The van der Waals surface area contributed by atoms with E-state index in [2.05, 4.69) is 33.1 Å². The van der Waals surface area contributed by atoms with Gasteiger partial charge < -0.3 is 25.8 Å². The third-order valence-corrected chi connectivity index (χ3v) is 7.42. The molecule has 0 spiro atoms. The number of halogens is 1. The van der Waals surface area contributed by atoms with Crippen molar-refractivity contribution in [2.75, 3.05) is 32.7 Å². The first-order valence-corrected chi connectivity index (χ1v) is 13.1. The molecular formula is C28H37ClN6O2. The fourth-order valence-corrected chi connectivity index (χ4v) is 5.39. The van der Waals surface area contributed by atoms with Gasteiger partial charge in [-0.25, -0.2) is 9.59 Å². The fraction of sp³-hybridized carbons (Fsp3) is 0.429. The number of nitrogens with zero attached hydrogens (tertiary/aromatic N) is 2. The number of carbonyl (C=O) groups excluding carboxylic acids is 1. The van der Waals surface area contributed by atoms with Crippen LogP contribution in [0.15, 0.2) is 71.7 Å². The molecule has 3 aliphatic heterocycles. The summed E-state index contributed by atoms with van der Waals surface area (Å²) in [5, 5.41) is 9.74. The summed E-state index contributed by atoms with van der Waals surface area (Å²) in [5.74, 6) is 0. The average molecular weight is 525 g/mol. The molecule has 3 saturated heterocycles. The van der Waals surface area contributed by atoms with Crippen LogP contribution in [0.1, 0.15) is 43.3 Å². The third-order valence-electron chi connectivity index (χ3n) is 7.42. The predicted molar refractivity (Wildman–Crippen MR) is 149 cm³/mol. The molecule has 9 heteroatoms. The summed E-state index contributed by atoms with van der Waals surface area (Å²) < 4.78 is 1.85. The van der Waals surface area contributed by atoms with Gasteiger partial charge in [-0.3, -0.25) is 4.57 Å². The van der Waals surface area contributed by atoms with Crippen LogP contribution < -0.4 is 21.6 Å². The Balaban J connectivity index is 0.000000168. The van der Waals surface area contributed by atoms with Crippen molar-refractivity contribution in [1.82, 2.24) is 30.4 Å². The van der Waals surface area contributed by atoms with Crippen molar-refractivity contribution in [3.05, 3.63) is 82.9 Å². The SMILES string of the molecule is Cl.O=C1NC(c2ccccc2)CN1C1CCNCC1.O=c1[nH]c(-c2ccccc2)cn1C1CCNCC1. The normalized spacial score (nSPS) is 20.5. The lowest BCUT2D eigenvalue weighted by atomic mass is 10.0. The molecule has 1 aromatic heterocycles. The Morgan fingerprint density at radius 1 is 0.730 bits per heavy atom. The highest BCUT2D eigenvalue weighted by Gasteiger charge is 2.34. The third kappa shape index (κ3) is 6.63. The van der Waals surface area contributed by atoms with Crippen molar-refractivity contribution in [1.29, 1.82) is 0 Å². The highest BCUT2D eigenvalue weighted by atomic mass is 35.5. The minimum absolute atomic E-state index is 0. The highest BCUT2D eigenvalue weighted by molar-refractivity contribution is 5.85. The number of imidazole rings is 1. The number of hydrogen-bond donors (Lipinski definition) is 4. The van der Waals surface area contributed by atoms with Crippen molar-refractivity contribution in [2.45, 2.75) is 43.8 Å². The van der Waals surface area contributed by atoms with Crippen molar-refractivity contribution in [3.63, 3.8) is 0 Å². The van der Waals surface area contributed by atoms with E-state index in [-0.39, 0.29) is 30.2 Å². The Morgan fingerprint density at radius 3 is 1.92 bits per heavy atom. The smallest absolute Gasteiger partial charge is 0.326 e. The molecule has 6 rings (SSSR count). The van der Waals surface area contributed by atoms with Gasteiger partial charge in [0.15, 0.2) is 0 Å². The molecule has 0 radical (unpaired) electrons. The number of aromatic nitrogens is 2. The first-order valence-electron chi connectivity index (χ1n) is 13.1. The minimum Gasteiger partial charge on any atom is -0.329 e. The quantitative estimate of drug-likeness (QED) is 0.418. The fourth-order valence-electron chi connectivity index (χ4n) is 5.39. The molecule has 0 aliphatic carbocycles. The number of rotatable bonds is 4. The Labute approximate surface area is 224 Å². The molecule has 0 bridgehead atoms. The lowest BCUT2D eigenvalue weighted by Crippen LogP contribution is -2.44. The molecular weight excluding hydrogens is 488 g/mol. The zero-order valence-electron chi connectivity index (χ0n) is 21.1. The van der Waals surface area contributed by atoms with Crippen molar-refractivity contribution in [3.8, 4) is 11.3 Å². The second-order valence-electron chi connectivity index (χ2n) is 9.77. The summed E-state index contributed by atoms with van der Waals surface area (Å²) in [7, 11) is 0. The summed E-state index contributed by atoms with van der Waals surface area (Å²) in [6.07, 6.45) is 6.12. The van der Waals surface area contributed by atoms with Gasteiger partial charge in [0.2, 0.25) is 0 Å². The lowest BCUT2D eigenvalue weighted by Gasteiger charge is -2.30. The van der Waals surface area contributed by atoms with E-state index in [1.54, 1.807) is 0 Å². The van der Waals surface area contributed by atoms with Crippen LogP contribution in [0, 0.1) is 0 Å². The highest BCUT2D eigenvalue weighted by Crippen LogP contribution is 2.24. The van der Waals surface area contributed by atoms with Gasteiger partial charge in [0.1, 0.15) is 0 Å². The van der Waals surface area contributed by atoms with Crippen LogP contribution in [0.25, 0.3) is 11.3 Å². The molecule has 37 heavy (non-hydrogen) atoms. The Hall–Kier alpha value is -3.07. The number of aromatic amines is 1. The molecule has 8 nitrogen and oxygen atoms in total. The number of carbonyl (C=O) groups is 1. The van der Waals surface area contributed by atoms with Crippen LogP contribution >= 0.6 is 12.4 Å². The van der Waals surface area contributed by atoms with E-state index >= 15 is 0 Å². The van der Waals surface area contributed by atoms with E-state index in [9.17, 15) is 9.59 Å². The molecule has 2 aromatic carbocycles. The van der Waals surface area contributed by atoms with Crippen molar-refractivity contribution < 1.29 is 4.79 Å². The summed E-state index contributed by atoms with van der Waals surface area (Å²) in [6, 6.07) is 21.1. The Bertz CT molecular complexity index is 1170. The van der Waals surface area contributed by atoms with Crippen LogP contribution in [-0.2, 0) is 0 Å². The number of nitrogens with one attached hydrogen (secondary N) is 4. The average Bonchev–Trinajstić information content (AvgIpc) is 3.54. The first kappa shape index (κ1) is 27.0. The maximum absolute atomic E-state index is 12.1. The number of H-pyrrole nitrogens is 1. The van der Waals surface area contributed by atoms with Gasteiger partial charge in [-0.15, -0.1) is 12.4 Å². The Kier molecular flexibility index (Phi) is 9.44. The number of hydrogen-bond acceptors (Lipinski definition) is 4. The van der Waals surface area contributed by atoms with Crippen LogP contribution in [0.4, 0.5) is 4.79 Å². The van der Waals surface area contributed by atoms with Crippen molar-refractivity contribution in [2.24, 2.45) is 0 Å². The molecule has 1 unspecified atom stereocenters. The standard InChI is InChI=1S/C14H19N3O.C14H17N3O.ClH/c2*18-14-16-13(11-4-2-1-3-5-11)10-17(14)12-6-8-15-9-7-12;/h1-5,12-13,15H,6-10H2,(H,16,18);1-5,10,12,15H,6-9H2,(H,16,18);1H. The molecule has 2 amide bonds. The number of amides is 2. The second kappa shape index (κ2) is 12.9. The number of urea groups is 1. The molecule has 198 valence electrons. The van der Waals surface area contributed by atoms with Gasteiger partial charge >= 0.3 is 11.7 Å². The molecule has 4 heterocycles. The molecule has 1 atom stereocenters. The van der Waals surface area contributed by atoms with Crippen LogP contribution in [0.5, 0.6) is 0 Å². The summed E-state index contributed by atoms with van der Waals surface area (Å²) in [5.41, 5.74) is 3.16. The molecule has 3 fully saturated rings. The maximum Gasteiger partial charge on any atom is 0.326 e. The minimum atomic E-state index is 0. The van der Waals surface area contributed by atoms with Crippen LogP contribution in [0.2, 0.25) is 0 Å². The van der Waals surface area contributed by atoms with Crippen LogP contribution in [0.3, 0.4) is 0 Å². The van der Waals surface area contributed by atoms with Gasteiger partial charge in [0.05, 0.1) is 11.7 Å². The molecule has 0 saturated carbocycles. The lowest BCUT2D eigenvalue weighted by molar-refractivity contribution is 0.182. The van der Waals surface area contributed by atoms with Gasteiger partial charge in [0, 0.05) is 24.8 Å². The molecule has 3 aromatic rings. The Morgan fingerprint density at radius 2 is 1.30 bits per heavy atom. The molecule has 3 aliphatic rings. The maximum atomic E-state index is 12.1. The van der Waals surface area contributed by atoms with Gasteiger partial charge in [-0.1, -0.05) is 60.7 Å².